The first-order valence-corrected chi connectivity index (χ1v) is 16.1. The lowest BCUT2D eigenvalue weighted by atomic mass is 9.79. The molecule has 0 aromatic heterocycles. The van der Waals surface area contributed by atoms with Gasteiger partial charge in [0.2, 0.25) is 0 Å². The third-order valence-electron chi connectivity index (χ3n) is 9.02. The van der Waals surface area contributed by atoms with Crippen molar-refractivity contribution in [1.29, 1.82) is 0 Å². The summed E-state index contributed by atoms with van der Waals surface area (Å²) in [5, 5.41) is 12.8. The number of carbonyl (C=O) groups excluding carboxylic acids is 1. The van der Waals surface area contributed by atoms with Crippen LogP contribution >= 0.6 is 0 Å². The minimum absolute atomic E-state index is 0.00362. The van der Waals surface area contributed by atoms with E-state index in [0.717, 1.165) is 42.5 Å². The average molecular weight is 710 g/mol. The van der Waals surface area contributed by atoms with Gasteiger partial charge in [-0.15, -0.1) is 0 Å². The van der Waals surface area contributed by atoms with Crippen LogP contribution in [-0.2, 0) is 36.3 Å². The number of benzene rings is 3. The molecule has 0 spiro atoms. The highest BCUT2D eigenvalue weighted by Crippen LogP contribution is 2.54. The molecule has 0 saturated heterocycles. The molecule has 260 valence electrons. The fourth-order valence-electron chi connectivity index (χ4n) is 6.04. The van der Waals surface area contributed by atoms with Crippen LogP contribution in [0, 0.1) is 17.5 Å². The van der Waals surface area contributed by atoms with Crippen molar-refractivity contribution in [3.63, 3.8) is 0 Å². The molecule has 2 aliphatic rings. The summed E-state index contributed by atoms with van der Waals surface area (Å²) in [6.07, 6.45) is -12.5. The second kappa shape index (κ2) is 12.4. The largest absolute Gasteiger partial charge is 0.430 e. The van der Waals surface area contributed by atoms with Crippen molar-refractivity contribution in [2.75, 3.05) is 0 Å². The van der Waals surface area contributed by atoms with E-state index >= 15 is 0 Å². The molecule has 0 radical (unpaired) electrons. The van der Waals surface area contributed by atoms with Gasteiger partial charge in [0.05, 0.1) is 11.5 Å². The van der Waals surface area contributed by atoms with Crippen molar-refractivity contribution >= 4 is 15.7 Å². The van der Waals surface area contributed by atoms with E-state index in [2.05, 4.69) is 10.1 Å². The van der Waals surface area contributed by atoms with E-state index in [1.54, 1.807) is 0 Å². The Bertz CT molecular complexity index is 1730. The number of hydrogen-bond acceptors (Lipinski definition) is 5. The Kier molecular flexibility index (Phi) is 9.18. The van der Waals surface area contributed by atoms with Crippen molar-refractivity contribution in [3.8, 4) is 0 Å². The van der Waals surface area contributed by atoms with Crippen LogP contribution in [0.2, 0.25) is 0 Å². The molecule has 2 aliphatic carbocycles. The molecule has 0 heterocycles. The van der Waals surface area contributed by atoms with Gasteiger partial charge < -0.3 is 15.2 Å². The number of sulfone groups is 1. The Morgan fingerprint density at radius 1 is 0.812 bits per heavy atom. The number of halogens is 9. The molecule has 2 fully saturated rings. The Hall–Kier alpha value is -3.63. The molecule has 0 bridgehead atoms. The summed E-state index contributed by atoms with van der Waals surface area (Å²) < 4.78 is 159. The maximum absolute atomic E-state index is 14.5. The van der Waals surface area contributed by atoms with Gasteiger partial charge in [-0.1, -0.05) is 30.3 Å². The summed E-state index contributed by atoms with van der Waals surface area (Å²) in [5.41, 5.74) is -9.50. The molecule has 5 rings (SSSR count). The van der Waals surface area contributed by atoms with E-state index < -0.39 is 85.3 Å². The molecule has 48 heavy (non-hydrogen) atoms. The van der Waals surface area contributed by atoms with Gasteiger partial charge in [0, 0.05) is 17.2 Å². The Morgan fingerprint density at radius 3 is 1.81 bits per heavy atom. The van der Waals surface area contributed by atoms with Gasteiger partial charge in [-0.2, -0.15) is 26.3 Å². The van der Waals surface area contributed by atoms with E-state index in [9.17, 15) is 57.8 Å². The molecule has 1 amide bonds. The second-order valence-corrected chi connectivity index (χ2v) is 14.2. The summed E-state index contributed by atoms with van der Waals surface area (Å²) >= 11 is 0. The monoisotopic (exact) mass is 709 g/mol. The topological polar surface area (TPSA) is 92.7 Å². The zero-order valence-electron chi connectivity index (χ0n) is 24.8. The SMILES string of the molecule is O=C(NC1CCC(c2ccc(C(OCc3c(F)cccc3F)(C(F)(F)F)C(F)(F)F)cc2)(S(=O)(=O)c2ccc(F)cc2)CC1)C1(O)CC1. The minimum atomic E-state index is -6.21. The van der Waals surface area contributed by atoms with Crippen LogP contribution in [0.15, 0.2) is 71.6 Å². The first-order valence-electron chi connectivity index (χ1n) is 14.6. The maximum Gasteiger partial charge on any atom is 0.430 e. The van der Waals surface area contributed by atoms with Gasteiger partial charge in [-0.05, 0) is 80.5 Å². The standard InChI is InChI=1S/C32H28F9NO5S/c33-21-8-10-23(11-9-21)48(45,46)29(14-12-22(13-15-29)42-27(43)28(44)16-17-28)19-4-6-20(7-5-19)30(31(36,37)38,32(39,40)41)47-18-24-25(34)2-1-3-26(24)35/h1-11,22,44H,12-18H2,(H,42,43). The third-order valence-corrected chi connectivity index (χ3v) is 11.6. The van der Waals surface area contributed by atoms with Gasteiger partial charge in [-0.3, -0.25) is 4.79 Å². The number of ether oxygens (including phenoxy) is 1. The van der Waals surface area contributed by atoms with Crippen LogP contribution in [-0.4, -0.2) is 43.4 Å². The third kappa shape index (κ3) is 6.17. The maximum atomic E-state index is 14.5. The predicted octanol–water partition coefficient (Wildman–Crippen LogP) is 6.89. The molecule has 0 unspecified atom stereocenters. The van der Waals surface area contributed by atoms with Gasteiger partial charge >= 0.3 is 12.4 Å². The fourth-order valence-corrected chi connectivity index (χ4v) is 8.21. The van der Waals surface area contributed by atoms with Crippen molar-refractivity contribution in [3.05, 3.63) is 101 Å². The van der Waals surface area contributed by atoms with E-state index in [1.807, 2.05) is 0 Å². The van der Waals surface area contributed by atoms with Crippen LogP contribution < -0.4 is 5.32 Å². The minimum Gasteiger partial charge on any atom is -0.380 e. The smallest absolute Gasteiger partial charge is 0.380 e. The fraction of sp³-hybridized carbons (Fsp3) is 0.406. The van der Waals surface area contributed by atoms with Gasteiger partial charge in [0.15, 0.2) is 9.84 Å². The number of hydrogen-bond donors (Lipinski definition) is 2. The summed E-state index contributed by atoms with van der Waals surface area (Å²) in [6.45, 7) is -1.76. The summed E-state index contributed by atoms with van der Waals surface area (Å²) in [4.78, 5) is 12.0. The van der Waals surface area contributed by atoms with Crippen LogP contribution in [0.1, 0.15) is 55.2 Å². The molecule has 16 heteroatoms. The highest BCUT2D eigenvalue weighted by Gasteiger charge is 2.73. The van der Waals surface area contributed by atoms with Crippen LogP contribution in [0.3, 0.4) is 0 Å². The Balaban J connectivity index is 1.56. The Labute approximate surface area is 268 Å². The summed E-state index contributed by atoms with van der Waals surface area (Å²) in [5.74, 6) is -4.27. The first-order chi connectivity index (χ1) is 22.3. The van der Waals surface area contributed by atoms with Crippen LogP contribution in [0.4, 0.5) is 39.5 Å². The molecule has 2 N–H and O–H groups in total. The van der Waals surface area contributed by atoms with Crippen LogP contribution in [0.25, 0.3) is 0 Å². The molecule has 6 nitrogen and oxygen atoms in total. The lowest BCUT2D eigenvalue weighted by molar-refractivity contribution is -0.392. The zero-order valence-corrected chi connectivity index (χ0v) is 25.6. The number of nitrogens with one attached hydrogen (secondary N) is 1. The quantitative estimate of drug-likeness (QED) is 0.187. The normalized spacial score (nSPS) is 21.5. The molecule has 3 aromatic rings. The summed E-state index contributed by atoms with van der Waals surface area (Å²) in [6, 6.07) is 7.58. The van der Waals surface area contributed by atoms with E-state index in [4.69, 9.17) is 0 Å². The van der Waals surface area contributed by atoms with Crippen molar-refractivity contribution in [2.45, 2.75) is 84.4 Å². The Morgan fingerprint density at radius 2 is 1.33 bits per heavy atom. The zero-order chi connectivity index (χ0) is 35.3. The predicted molar refractivity (Wildman–Crippen MR) is 151 cm³/mol. The molecule has 2 saturated carbocycles. The number of amides is 1. The molecule has 0 atom stereocenters. The number of rotatable bonds is 9. The second-order valence-electron chi connectivity index (χ2n) is 12.0. The van der Waals surface area contributed by atoms with Gasteiger partial charge in [-0.25, -0.2) is 21.6 Å². The van der Waals surface area contributed by atoms with Gasteiger partial charge in [0.25, 0.3) is 11.5 Å². The molecular formula is C32H28F9NO5S. The van der Waals surface area contributed by atoms with E-state index in [0.29, 0.717) is 24.3 Å². The lowest BCUT2D eigenvalue weighted by Crippen LogP contribution is -2.56. The average Bonchev–Trinajstić information content (AvgIpc) is 3.77. The van der Waals surface area contributed by atoms with Crippen molar-refractivity contribution in [1.82, 2.24) is 5.32 Å². The van der Waals surface area contributed by atoms with Crippen LogP contribution in [0.5, 0.6) is 0 Å². The molecular weight excluding hydrogens is 681 g/mol. The molecule has 0 aliphatic heterocycles. The van der Waals surface area contributed by atoms with Crippen molar-refractivity contribution in [2.24, 2.45) is 0 Å². The van der Waals surface area contributed by atoms with E-state index in [-0.39, 0.29) is 49.0 Å². The van der Waals surface area contributed by atoms with E-state index in [1.165, 1.54) is 0 Å². The van der Waals surface area contributed by atoms with Gasteiger partial charge in [0.1, 0.15) is 27.8 Å². The number of aliphatic hydroxyl groups is 1. The highest BCUT2D eigenvalue weighted by molar-refractivity contribution is 7.92. The number of alkyl halides is 6. The first kappa shape index (κ1) is 35.7. The number of carbonyl (C=O) groups is 1. The highest BCUT2D eigenvalue weighted by atomic mass is 32.2. The van der Waals surface area contributed by atoms with Crippen molar-refractivity contribution < 1.29 is 62.6 Å². The summed E-state index contributed by atoms with van der Waals surface area (Å²) in [7, 11) is -4.51. The molecule has 3 aromatic carbocycles. The lowest BCUT2D eigenvalue weighted by Gasteiger charge is -2.41.